The van der Waals surface area contributed by atoms with Crippen LogP contribution >= 0.6 is 0 Å². The van der Waals surface area contributed by atoms with Crippen LogP contribution in [0, 0.1) is 0 Å². The van der Waals surface area contributed by atoms with Crippen molar-refractivity contribution in [3.8, 4) is 0 Å². The zero-order chi connectivity index (χ0) is 13.5. The topological polar surface area (TPSA) is 96.2 Å². The Morgan fingerprint density at radius 2 is 2.06 bits per heavy atom. The Labute approximate surface area is 106 Å². The minimum atomic E-state index is -0.197. The number of likely N-dealkylation sites (N-methyl/N-ethyl adjacent to an activating group) is 1. The fourth-order valence-electron chi connectivity index (χ4n) is 1.43. The van der Waals surface area contributed by atoms with Gasteiger partial charge in [-0.05, 0) is 25.1 Å². The first-order valence-electron chi connectivity index (χ1n) is 5.70. The molecular weight excluding hydrogens is 232 g/mol. The highest BCUT2D eigenvalue weighted by Gasteiger charge is 2.11. The third-order valence-corrected chi connectivity index (χ3v) is 2.34. The van der Waals surface area contributed by atoms with Gasteiger partial charge in [0.25, 0.3) is 5.91 Å². The molecule has 6 heteroatoms. The van der Waals surface area contributed by atoms with Gasteiger partial charge in [-0.3, -0.25) is 9.59 Å². The molecule has 0 aliphatic carbocycles. The van der Waals surface area contributed by atoms with Crippen molar-refractivity contribution in [3.63, 3.8) is 0 Å². The molecule has 18 heavy (non-hydrogen) atoms. The molecule has 0 saturated carbocycles. The molecule has 1 aromatic carbocycles. The van der Waals surface area contributed by atoms with Crippen molar-refractivity contribution in [1.29, 1.82) is 0 Å². The molecule has 1 aromatic rings. The number of amides is 2. The van der Waals surface area contributed by atoms with E-state index >= 15 is 0 Å². The van der Waals surface area contributed by atoms with Gasteiger partial charge in [0.15, 0.2) is 0 Å². The summed E-state index contributed by atoms with van der Waals surface area (Å²) in [5.41, 5.74) is 7.21. The number of rotatable bonds is 5. The Bertz CT molecular complexity index is 446. The number of hydrogen-bond donors (Lipinski definition) is 4. The van der Waals surface area contributed by atoms with Crippen LogP contribution < -0.4 is 21.7 Å². The molecule has 1 rings (SSSR count). The van der Waals surface area contributed by atoms with E-state index in [0.29, 0.717) is 23.5 Å². The highest BCUT2D eigenvalue weighted by molar-refractivity contribution is 6.00. The molecule has 0 bridgehead atoms. The highest BCUT2D eigenvalue weighted by atomic mass is 16.2. The Balaban J connectivity index is 2.89. The Kier molecular flexibility index (Phi) is 4.98. The maximum absolute atomic E-state index is 11.8. The summed E-state index contributed by atoms with van der Waals surface area (Å²) in [7, 11) is 1.55. The summed E-state index contributed by atoms with van der Waals surface area (Å²) >= 11 is 0. The summed E-state index contributed by atoms with van der Waals surface area (Å²) in [5.74, 6) is -0.365. The molecule has 0 radical (unpaired) electrons. The fraction of sp³-hybridized carbons (Fsp3) is 0.333. The average molecular weight is 250 g/mol. The van der Waals surface area contributed by atoms with Crippen LogP contribution in [0.2, 0.25) is 0 Å². The van der Waals surface area contributed by atoms with E-state index in [1.165, 1.54) is 0 Å². The van der Waals surface area contributed by atoms with Gasteiger partial charge in [-0.25, -0.2) is 0 Å². The molecule has 98 valence electrons. The third-order valence-electron chi connectivity index (χ3n) is 2.34. The third kappa shape index (κ3) is 3.65. The van der Waals surface area contributed by atoms with E-state index < -0.39 is 0 Å². The second kappa shape index (κ2) is 6.48. The summed E-state index contributed by atoms with van der Waals surface area (Å²) < 4.78 is 0. The number of nitrogens with one attached hydrogen (secondary N) is 3. The molecule has 0 aromatic heterocycles. The van der Waals surface area contributed by atoms with Gasteiger partial charge >= 0.3 is 0 Å². The standard InChI is InChI=1S/C12H18N4O2/c1-3-15-12(18)9-5-4-8(13)6-10(9)16-7-11(17)14-2/h4-6,16H,3,7,13H2,1-2H3,(H,14,17)(H,15,18). The second-order valence-corrected chi connectivity index (χ2v) is 3.69. The SMILES string of the molecule is CCNC(=O)c1ccc(N)cc1NCC(=O)NC. The molecule has 0 fully saturated rings. The molecule has 5 N–H and O–H groups in total. The molecule has 0 atom stereocenters. The van der Waals surface area contributed by atoms with Gasteiger partial charge in [-0.2, -0.15) is 0 Å². The molecule has 6 nitrogen and oxygen atoms in total. The molecular formula is C12H18N4O2. The smallest absolute Gasteiger partial charge is 0.253 e. The van der Waals surface area contributed by atoms with E-state index in [9.17, 15) is 9.59 Å². The van der Waals surface area contributed by atoms with E-state index in [1.54, 1.807) is 25.2 Å². The van der Waals surface area contributed by atoms with Crippen molar-refractivity contribution in [2.24, 2.45) is 0 Å². The number of carbonyl (C=O) groups is 2. The van der Waals surface area contributed by atoms with Gasteiger partial charge in [0.1, 0.15) is 0 Å². The van der Waals surface area contributed by atoms with Crippen LogP contribution in [0.4, 0.5) is 11.4 Å². The Morgan fingerprint density at radius 3 is 2.67 bits per heavy atom. The van der Waals surface area contributed by atoms with E-state index in [4.69, 9.17) is 5.73 Å². The van der Waals surface area contributed by atoms with Gasteiger partial charge in [0, 0.05) is 25.0 Å². The van der Waals surface area contributed by atoms with Crippen LogP contribution in [0.1, 0.15) is 17.3 Å². The van der Waals surface area contributed by atoms with E-state index in [1.807, 2.05) is 6.92 Å². The first-order chi connectivity index (χ1) is 8.58. The highest BCUT2D eigenvalue weighted by Crippen LogP contribution is 2.19. The van der Waals surface area contributed by atoms with Crippen LogP contribution in [-0.4, -0.2) is 32.0 Å². The molecule has 0 spiro atoms. The lowest BCUT2D eigenvalue weighted by atomic mass is 10.1. The fourth-order valence-corrected chi connectivity index (χ4v) is 1.43. The van der Waals surface area contributed by atoms with Crippen molar-refractivity contribution in [2.45, 2.75) is 6.92 Å². The van der Waals surface area contributed by atoms with Crippen molar-refractivity contribution in [1.82, 2.24) is 10.6 Å². The van der Waals surface area contributed by atoms with Crippen LogP contribution in [0.15, 0.2) is 18.2 Å². The number of hydrogen-bond acceptors (Lipinski definition) is 4. The van der Waals surface area contributed by atoms with Crippen molar-refractivity contribution >= 4 is 23.2 Å². The lowest BCUT2D eigenvalue weighted by molar-refractivity contribution is -0.118. The minimum Gasteiger partial charge on any atom is -0.399 e. The zero-order valence-electron chi connectivity index (χ0n) is 10.5. The second-order valence-electron chi connectivity index (χ2n) is 3.69. The number of nitrogen functional groups attached to an aromatic ring is 1. The molecule has 2 amide bonds. The lowest BCUT2D eigenvalue weighted by Gasteiger charge is -2.12. The molecule has 0 aliphatic rings. The van der Waals surface area contributed by atoms with Crippen molar-refractivity contribution < 1.29 is 9.59 Å². The van der Waals surface area contributed by atoms with Gasteiger partial charge < -0.3 is 21.7 Å². The summed E-state index contributed by atoms with van der Waals surface area (Å²) in [6, 6.07) is 4.91. The maximum atomic E-state index is 11.8. The summed E-state index contributed by atoms with van der Waals surface area (Å²) in [5, 5.41) is 8.08. The van der Waals surface area contributed by atoms with Crippen LogP contribution in [0.25, 0.3) is 0 Å². The van der Waals surface area contributed by atoms with Crippen molar-refractivity contribution in [3.05, 3.63) is 23.8 Å². The molecule has 0 aliphatic heterocycles. The van der Waals surface area contributed by atoms with Crippen LogP contribution in [-0.2, 0) is 4.79 Å². The predicted molar refractivity (Wildman–Crippen MR) is 71.4 cm³/mol. The number of anilines is 2. The summed E-state index contributed by atoms with van der Waals surface area (Å²) in [6.45, 7) is 2.47. The largest absolute Gasteiger partial charge is 0.399 e. The number of benzene rings is 1. The van der Waals surface area contributed by atoms with E-state index in [-0.39, 0.29) is 18.4 Å². The van der Waals surface area contributed by atoms with Crippen LogP contribution in [0.3, 0.4) is 0 Å². The molecule has 0 saturated heterocycles. The van der Waals surface area contributed by atoms with E-state index in [2.05, 4.69) is 16.0 Å². The first kappa shape index (κ1) is 13.8. The van der Waals surface area contributed by atoms with Crippen molar-refractivity contribution in [2.75, 3.05) is 31.2 Å². The average Bonchev–Trinajstić information content (AvgIpc) is 2.36. The normalized spacial score (nSPS) is 9.67. The van der Waals surface area contributed by atoms with E-state index in [0.717, 1.165) is 0 Å². The number of nitrogens with two attached hydrogens (primary N) is 1. The quantitative estimate of drug-likeness (QED) is 0.560. The first-order valence-corrected chi connectivity index (χ1v) is 5.70. The number of carbonyl (C=O) groups excluding carboxylic acids is 2. The van der Waals surface area contributed by atoms with Gasteiger partial charge in [-0.1, -0.05) is 0 Å². The molecule has 0 heterocycles. The van der Waals surface area contributed by atoms with Gasteiger partial charge in [0.2, 0.25) is 5.91 Å². The van der Waals surface area contributed by atoms with Crippen LogP contribution in [0.5, 0.6) is 0 Å². The monoisotopic (exact) mass is 250 g/mol. The maximum Gasteiger partial charge on any atom is 0.253 e. The zero-order valence-corrected chi connectivity index (χ0v) is 10.5. The lowest BCUT2D eigenvalue weighted by Crippen LogP contribution is -2.28. The minimum absolute atomic E-state index is 0.0896. The van der Waals surface area contributed by atoms with Gasteiger partial charge in [0.05, 0.1) is 12.1 Å². The predicted octanol–water partition coefficient (Wildman–Crippen LogP) is 0.176. The van der Waals surface area contributed by atoms with Gasteiger partial charge in [-0.15, -0.1) is 0 Å². The molecule has 0 unspecified atom stereocenters. The summed E-state index contributed by atoms with van der Waals surface area (Å²) in [6.07, 6.45) is 0. The Morgan fingerprint density at radius 1 is 1.33 bits per heavy atom. The Hall–Kier alpha value is -2.24. The summed E-state index contributed by atoms with van der Waals surface area (Å²) in [4.78, 5) is 23.0.